The van der Waals surface area contributed by atoms with Crippen LogP contribution >= 0.6 is 0 Å². The molecule has 0 saturated heterocycles. The van der Waals surface area contributed by atoms with Gasteiger partial charge in [0.1, 0.15) is 11.5 Å². The summed E-state index contributed by atoms with van der Waals surface area (Å²) in [6.45, 7) is 0.329. The molecule has 17 heavy (non-hydrogen) atoms. The minimum Gasteiger partial charge on any atom is -0.497 e. The molecule has 5 heteroatoms. The Morgan fingerprint density at radius 3 is 2.59 bits per heavy atom. The molecule has 0 aliphatic carbocycles. The number of amides is 1. The average Bonchev–Trinajstić information content (AvgIpc) is 2.37. The number of methoxy groups -OCH3 is 2. The molecule has 0 radical (unpaired) electrons. The number of carbonyl (C=O) groups is 1. The third-order valence-corrected chi connectivity index (χ3v) is 2.48. The van der Waals surface area contributed by atoms with Crippen molar-refractivity contribution in [2.45, 2.75) is 6.42 Å². The van der Waals surface area contributed by atoms with Crippen LogP contribution in [0.3, 0.4) is 0 Å². The molecule has 0 aromatic heterocycles. The van der Waals surface area contributed by atoms with Crippen molar-refractivity contribution in [2.75, 3.05) is 32.7 Å². The normalized spacial score (nSPS) is 9.88. The summed E-state index contributed by atoms with van der Waals surface area (Å²) >= 11 is 0. The van der Waals surface area contributed by atoms with Gasteiger partial charge in [0.15, 0.2) is 0 Å². The van der Waals surface area contributed by atoms with Crippen molar-refractivity contribution in [3.8, 4) is 11.5 Å². The Balaban J connectivity index is 3.04. The van der Waals surface area contributed by atoms with Crippen LogP contribution in [0.2, 0.25) is 0 Å². The van der Waals surface area contributed by atoms with Crippen LogP contribution in [0.15, 0.2) is 18.2 Å². The summed E-state index contributed by atoms with van der Waals surface area (Å²) < 4.78 is 10.3. The fraction of sp³-hybridized carbons (Fsp3) is 0.417. The SMILES string of the molecule is COc1ccc(OC)c(N(C)C(=O)CCN)c1. The average molecular weight is 238 g/mol. The van der Waals surface area contributed by atoms with Gasteiger partial charge in [-0.05, 0) is 12.1 Å². The molecular weight excluding hydrogens is 220 g/mol. The molecule has 0 atom stereocenters. The molecule has 1 aromatic carbocycles. The predicted molar refractivity (Wildman–Crippen MR) is 66.6 cm³/mol. The molecule has 0 bridgehead atoms. The summed E-state index contributed by atoms with van der Waals surface area (Å²) in [4.78, 5) is 13.3. The van der Waals surface area contributed by atoms with E-state index in [4.69, 9.17) is 15.2 Å². The zero-order valence-electron chi connectivity index (χ0n) is 10.4. The van der Waals surface area contributed by atoms with Gasteiger partial charge in [0.05, 0.1) is 19.9 Å². The Morgan fingerprint density at radius 2 is 2.06 bits per heavy atom. The number of ether oxygens (including phenoxy) is 2. The summed E-state index contributed by atoms with van der Waals surface area (Å²) in [6.07, 6.45) is 0.302. The lowest BCUT2D eigenvalue weighted by molar-refractivity contribution is -0.118. The van der Waals surface area contributed by atoms with Crippen LogP contribution in [-0.2, 0) is 4.79 Å². The second-order valence-electron chi connectivity index (χ2n) is 3.53. The maximum atomic E-state index is 11.8. The van der Waals surface area contributed by atoms with Gasteiger partial charge in [-0.3, -0.25) is 4.79 Å². The number of rotatable bonds is 5. The van der Waals surface area contributed by atoms with Crippen molar-refractivity contribution in [1.29, 1.82) is 0 Å². The van der Waals surface area contributed by atoms with E-state index in [2.05, 4.69) is 0 Å². The third-order valence-electron chi connectivity index (χ3n) is 2.48. The highest BCUT2D eigenvalue weighted by Gasteiger charge is 2.15. The predicted octanol–water partition coefficient (Wildman–Crippen LogP) is 1.02. The number of anilines is 1. The third kappa shape index (κ3) is 3.10. The summed E-state index contributed by atoms with van der Waals surface area (Å²) in [7, 11) is 4.83. The van der Waals surface area contributed by atoms with Crippen LogP contribution in [0.25, 0.3) is 0 Å². The molecule has 0 spiro atoms. The van der Waals surface area contributed by atoms with Gasteiger partial charge < -0.3 is 20.1 Å². The molecule has 0 unspecified atom stereocenters. The molecule has 94 valence electrons. The lowest BCUT2D eigenvalue weighted by atomic mass is 10.2. The summed E-state index contributed by atoms with van der Waals surface area (Å²) in [5, 5.41) is 0. The van der Waals surface area contributed by atoms with Gasteiger partial charge in [-0.15, -0.1) is 0 Å². The summed E-state index contributed by atoms with van der Waals surface area (Å²) in [6, 6.07) is 5.30. The van der Waals surface area contributed by atoms with Gasteiger partial charge in [0.25, 0.3) is 0 Å². The Morgan fingerprint density at radius 1 is 1.35 bits per heavy atom. The van der Waals surface area contributed by atoms with E-state index in [0.29, 0.717) is 30.2 Å². The molecular formula is C12H18N2O3. The number of benzene rings is 1. The number of nitrogens with zero attached hydrogens (tertiary/aromatic N) is 1. The van der Waals surface area contributed by atoms with Gasteiger partial charge in [0, 0.05) is 26.1 Å². The van der Waals surface area contributed by atoms with E-state index in [1.54, 1.807) is 39.5 Å². The van der Waals surface area contributed by atoms with Crippen LogP contribution in [0.4, 0.5) is 5.69 Å². The van der Waals surface area contributed by atoms with Crippen LogP contribution in [0, 0.1) is 0 Å². The largest absolute Gasteiger partial charge is 0.497 e. The first-order chi connectivity index (χ1) is 8.13. The maximum Gasteiger partial charge on any atom is 0.228 e. The standard InChI is InChI=1S/C12H18N2O3/c1-14(12(15)6-7-13)10-8-9(16-2)4-5-11(10)17-3/h4-5,8H,6-7,13H2,1-3H3. The highest BCUT2D eigenvalue weighted by molar-refractivity contribution is 5.94. The molecule has 1 aromatic rings. The van der Waals surface area contributed by atoms with Crippen LogP contribution < -0.4 is 20.1 Å². The van der Waals surface area contributed by atoms with E-state index in [-0.39, 0.29) is 5.91 Å². The Labute approximate surface area is 101 Å². The molecule has 0 aliphatic heterocycles. The van der Waals surface area contributed by atoms with Gasteiger partial charge in [0.2, 0.25) is 5.91 Å². The Hall–Kier alpha value is -1.75. The minimum atomic E-state index is -0.0564. The van der Waals surface area contributed by atoms with Crippen molar-refractivity contribution in [3.63, 3.8) is 0 Å². The monoisotopic (exact) mass is 238 g/mol. The van der Waals surface area contributed by atoms with Gasteiger partial charge in [-0.25, -0.2) is 0 Å². The summed E-state index contributed by atoms with van der Waals surface area (Å²) in [5.74, 6) is 1.24. The lowest BCUT2D eigenvalue weighted by Gasteiger charge is -2.20. The van der Waals surface area contributed by atoms with E-state index in [1.807, 2.05) is 0 Å². The number of nitrogens with two attached hydrogens (primary N) is 1. The van der Waals surface area contributed by atoms with E-state index < -0.39 is 0 Å². The van der Waals surface area contributed by atoms with Crippen molar-refractivity contribution in [1.82, 2.24) is 0 Å². The van der Waals surface area contributed by atoms with Crippen molar-refractivity contribution >= 4 is 11.6 Å². The quantitative estimate of drug-likeness (QED) is 0.831. The highest BCUT2D eigenvalue weighted by Crippen LogP contribution is 2.31. The lowest BCUT2D eigenvalue weighted by Crippen LogP contribution is -2.28. The number of hydrogen-bond acceptors (Lipinski definition) is 4. The zero-order chi connectivity index (χ0) is 12.8. The molecule has 1 rings (SSSR count). The van der Waals surface area contributed by atoms with Crippen molar-refractivity contribution in [2.24, 2.45) is 5.73 Å². The highest BCUT2D eigenvalue weighted by atomic mass is 16.5. The molecule has 0 aliphatic rings. The van der Waals surface area contributed by atoms with Crippen molar-refractivity contribution in [3.05, 3.63) is 18.2 Å². The molecule has 0 heterocycles. The van der Waals surface area contributed by atoms with E-state index in [9.17, 15) is 4.79 Å². The Kier molecular flexibility index (Phi) is 4.78. The topological polar surface area (TPSA) is 64.8 Å². The fourth-order valence-electron chi connectivity index (χ4n) is 1.48. The Bertz CT molecular complexity index is 393. The minimum absolute atomic E-state index is 0.0564. The van der Waals surface area contributed by atoms with Gasteiger partial charge in [-0.1, -0.05) is 0 Å². The van der Waals surface area contributed by atoms with Crippen LogP contribution in [0.1, 0.15) is 6.42 Å². The molecule has 0 saturated carbocycles. The van der Waals surface area contributed by atoms with Crippen LogP contribution in [0.5, 0.6) is 11.5 Å². The number of carbonyl (C=O) groups excluding carboxylic acids is 1. The molecule has 2 N–H and O–H groups in total. The van der Waals surface area contributed by atoms with E-state index >= 15 is 0 Å². The molecule has 1 amide bonds. The van der Waals surface area contributed by atoms with E-state index in [0.717, 1.165) is 0 Å². The molecule has 5 nitrogen and oxygen atoms in total. The fourth-order valence-corrected chi connectivity index (χ4v) is 1.48. The number of hydrogen-bond donors (Lipinski definition) is 1. The summed E-state index contributed by atoms with van der Waals surface area (Å²) in [5.41, 5.74) is 6.04. The zero-order valence-corrected chi connectivity index (χ0v) is 10.4. The van der Waals surface area contributed by atoms with Crippen molar-refractivity contribution < 1.29 is 14.3 Å². The first-order valence-corrected chi connectivity index (χ1v) is 5.32. The van der Waals surface area contributed by atoms with Gasteiger partial charge >= 0.3 is 0 Å². The van der Waals surface area contributed by atoms with Crippen LogP contribution in [-0.4, -0.2) is 33.7 Å². The van der Waals surface area contributed by atoms with E-state index in [1.165, 1.54) is 4.90 Å². The first kappa shape index (κ1) is 13.3. The molecule has 0 fully saturated rings. The second kappa shape index (κ2) is 6.10. The second-order valence-corrected chi connectivity index (χ2v) is 3.53. The maximum absolute atomic E-state index is 11.8. The smallest absolute Gasteiger partial charge is 0.228 e. The van der Waals surface area contributed by atoms with Gasteiger partial charge in [-0.2, -0.15) is 0 Å². The first-order valence-electron chi connectivity index (χ1n) is 5.32.